The van der Waals surface area contributed by atoms with Gasteiger partial charge in [-0.25, -0.2) is 0 Å². The molecule has 2 aromatic carbocycles. The zero-order chi connectivity index (χ0) is 22.5. The number of ketones is 1. The number of methoxy groups -OCH3 is 1. The van der Waals surface area contributed by atoms with Gasteiger partial charge in [0, 0.05) is 18.7 Å². The molecule has 0 unspecified atom stereocenters. The molecule has 0 bridgehead atoms. The number of phenolic OH excluding ortho intramolecular Hbond substituents is 1. The first-order chi connectivity index (χ1) is 14.8. The van der Waals surface area contributed by atoms with Gasteiger partial charge < -0.3 is 24.6 Å². The molecule has 1 fully saturated rings. The van der Waals surface area contributed by atoms with Crippen molar-refractivity contribution in [2.45, 2.75) is 32.4 Å². The summed E-state index contributed by atoms with van der Waals surface area (Å²) in [7, 11) is 1.51. The fraction of sp³-hybridized carbons (Fsp3) is 0.333. The molecule has 0 aliphatic carbocycles. The maximum absolute atomic E-state index is 13.0. The van der Waals surface area contributed by atoms with Crippen molar-refractivity contribution in [3.63, 3.8) is 0 Å². The Hall–Kier alpha value is -3.32. The van der Waals surface area contributed by atoms with E-state index in [4.69, 9.17) is 9.47 Å². The van der Waals surface area contributed by atoms with E-state index in [1.54, 1.807) is 36.4 Å². The van der Waals surface area contributed by atoms with Crippen LogP contribution in [0, 0.1) is 0 Å². The van der Waals surface area contributed by atoms with E-state index in [1.807, 2.05) is 13.8 Å². The second-order valence-electron chi connectivity index (χ2n) is 7.59. The molecular formula is C24H27NO6. The van der Waals surface area contributed by atoms with Gasteiger partial charge in [0.15, 0.2) is 0 Å². The number of carbonyl (C=O) groups excluding carboxylic acids is 2. The van der Waals surface area contributed by atoms with Crippen LogP contribution in [0.4, 0.5) is 0 Å². The lowest BCUT2D eigenvalue weighted by Crippen LogP contribution is -2.31. The number of amides is 1. The Kier molecular flexibility index (Phi) is 6.97. The van der Waals surface area contributed by atoms with Gasteiger partial charge in [-0.1, -0.05) is 24.3 Å². The van der Waals surface area contributed by atoms with Crippen LogP contribution in [0.3, 0.4) is 0 Å². The number of benzene rings is 2. The lowest BCUT2D eigenvalue weighted by atomic mass is 9.95. The van der Waals surface area contributed by atoms with Crippen molar-refractivity contribution >= 4 is 17.4 Å². The number of hydrogen-bond acceptors (Lipinski definition) is 6. The third-order valence-electron chi connectivity index (χ3n) is 5.09. The predicted molar refractivity (Wildman–Crippen MR) is 116 cm³/mol. The number of phenols is 1. The van der Waals surface area contributed by atoms with Gasteiger partial charge in [0.25, 0.3) is 11.7 Å². The van der Waals surface area contributed by atoms with Crippen molar-refractivity contribution in [3.8, 4) is 11.5 Å². The number of nitrogens with zero attached hydrogens (tertiary/aromatic N) is 1. The number of rotatable bonds is 8. The van der Waals surface area contributed by atoms with Crippen LogP contribution in [0.5, 0.6) is 11.5 Å². The molecule has 7 nitrogen and oxygen atoms in total. The van der Waals surface area contributed by atoms with Crippen LogP contribution in [0.1, 0.15) is 37.4 Å². The van der Waals surface area contributed by atoms with E-state index in [0.29, 0.717) is 29.9 Å². The number of carbonyl (C=O) groups is 2. The van der Waals surface area contributed by atoms with Crippen molar-refractivity contribution in [2.75, 3.05) is 20.3 Å². The predicted octanol–water partition coefficient (Wildman–Crippen LogP) is 3.64. The van der Waals surface area contributed by atoms with E-state index in [-0.39, 0.29) is 29.7 Å². The zero-order valence-corrected chi connectivity index (χ0v) is 17.9. The zero-order valence-electron chi connectivity index (χ0n) is 17.9. The van der Waals surface area contributed by atoms with Crippen molar-refractivity contribution in [3.05, 3.63) is 65.2 Å². The molecule has 1 aliphatic rings. The largest absolute Gasteiger partial charge is 0.508 e. The second-order valence-corrected chi connectivity index (χ2v) is 7.59. The van der Waals surface area contributed by atoms with E-state index < -0.39 is 17.7 Å². The number of aliphatic hydroxyl groups excluding tert-OH is 1. The molecule has 2 aromatic rings. The van der Waals surface area contributed by atoms with E-state index in [9.17, 15) is 19.8 Å². The smallest absolute Gasteiger partial charge is 0.295 e. The average molecular weight is 425 g/mol. The van der Waals surface area contributed by atoms with Gasteiger partial charge in [0.2, 0.25) is 0 Å². The fourth-order valence-corrected chi connectivity index (χ4v) is 3.59. The molecule has 3 rings (SSSR count). The van der Waals surface area contributed by atoms with Gasteiger partial charge in [-0.3, -0.25) is 9.59 Å². The van der Waals surface area contributed by atoms with Gasteiger partial charge in [-0.2, -0.15) is 0 Å². The number of ether oxygens (including phenoxy) is 2. The fourth-order valence-electron chi connectivity index (χ4n) is 3.59. The number of hydrogen-bond donors (Lipinski definition) is 2. The molecule has 2 N–H and O–H groups in total. The van der Waals surface area contributed by atoms with Gasteiger partial charge in [0.1, 0.15) is 17.3 Å². The summed E-state index contributed by atoms with van der Waals surface area (Å²) in [6, 6.07) is 12.2. The average Bonchev–Trinajstić information content (AvgIpc) is 3.01. The van der Waals surface area contributed by atoms with E-state index in [0.717, 1.165) is 0 Å². The van der Waals surface area contributed by atoms with Gasteiger partial charge in [0.05, 0.1) is 24.8 Å². The molecule has 0 spiro atoms. The lowest BCUT2D eigenvalue weighted by molar-refractivity contribution is -0.140. The summed E-state index contributed by atoms with van der Waals surface area (Å²) >= 11 is 0. The van der Waals surface area contributed by atoms with Crippen LogP contribution in [0.2, 0.25) is 0 Å². The van der Waals surface area contributed by atoms with Crippen LogP contribution in [-0.4, -0.2) is 53.2 Å². The topological polar surface area (TPSA) is 96.3 Å². The highest BCUT2D eigenvalue weighted by Crippen LogP contribution is 2.40. The summed E-state index contributed by atoms with van der Waals surface area (Å²) in [6.45, 7) is 4.59. The van der Waals surface area contributed by atoms with Gasteiger partial charge in [-0.15, -0.1) is 0 Å². The minimum absolute atomic E-state index is 0.00807. The Balaban J connectivity index is 2.03. The summed E-state index contributed by atoms with van der Waals surface area (Å²) in [4.78, 5) is 27.3. The highest BCUT2D eigenvalue weighted by atomic mass is 16.5. The molecule has 0 aromatic heterocycles. The molecule has 1 heterocycles. The quantitative estimate of drug-likeness (QED) is 0.290. The Morgan fingerprint density at radius 3 is 2.48 bits per heavy atom. The van der Waals surface area contributed by atoms with Crippen molar-refractivity contribution < 1.29 is 29.3 Å². The van der Waals surface area contributed by atoms with Crippen LogP contribution in [0.25, 0.3) is 5.76 Å². The highest BCUT2D eigenvalue weighted by Gasteiger charge is 2.45. The minimum Gasteiger partial charge on any atom is -0.508 e. The van der Waals surface area contributed by atoms with E-state index in [2.05, 4.69) is 0 Å². The third-order valence-corrected chi connectivity index (χ3v) is 5.09. The number of Topliss-reactive ketones (excluding diaryl/α,β-unsaturated/α-hetero) is 1. The number of likely N-dealkylation sites (tertiary alicyclic amines) is 1. The highest BCUT2D eigenvalue weighted by molar-refractivity contribution is 6.46. The lowest BCUT2D eigenvalue weighted by Gasteiger charge is -2.25. The molecule has 164 valence electrons. The third kappa shape index (κ3) is 4.88. The monoisotopic (exact) mass is 425 g/mol. The molecule has 1 aliphatic heterocycles. The summed E-state index contributed by atoms with van der Waals surface area (Å²) < 4.78 is 10.8. The molecule has 31 heavy (non-hydrogen) atoms. The minimum atomic E-state index is -0.772. The van der Waals surface area contributed by atoms with Crippen molar-refractivity contribution in [1.29, 1.82) is 0 Å². The second kappa shape index (κ2) is 9.66. The van der Waals surface area contributed by atoms with Crippen LogP contribution < -0.4 is 4.74 Å². The molecule has 0 saturated carbocycles. The Bertz CT molecular complexity index is 980. The maximum Gasteiger partial charge on any atom is 0.295 e. The summed E-state index contributed by atoms with van der Waals surface area (Å²) in [5.74, 6) is -1.10. The number of aromatic hydroxyl groups is 1. The van der Waals surface area contributed by atoms with Crippen LogP contribution in [0.15, 0.2) is 54.1 Å². The first-order valence-corrected chi connectivity index (χ1v) is 10.2. The van der Waals surface area contributed by atoms with Gasteiger partial charge in [-0.05, 0) is 50.1 Å². The standard InChI is InChI=1S/C24H27NO6/c1-15(2)31-13-5-12-25-21(16-8-10-18(26)11-9-16)20(23(28)24(25)29)22(27)17-6-4-7-19(14-17)30-3/h4,6-11,14-15,21,26-27H,5,12-13H2,1-3H3/t21-/m1/s1. The molecule has 0 radical (unpaired) electrons. The normalized spacial score (nSPS) is 18.1. The van der Waals surface area contributed by atoms with Crippen molar-refractivity contribution in [1.82, 2.24) is 4.90 Å². The molecule has 1 saturated heterocycles. The Morgan fingerprint density at radius 2 is 1.84 bits per heavy atom. The Morgan fingerprint density at radius 1 is 1.13 bits per heavy atom. The summed E-state index contributed by atoms with van der Waals surface area (Å²) in [6.07, 6.45) is 0.607. The first-order valence-electron chi connectivity index (χ1n) is 10.2. The molecule has 7 heteroatoms. The van der Waals surface area contributed by atoms with E-state index >= 15 is 0 Å². The van der Waals surface area contributed by atoms with Crippen molar-refractivity contribution in [2.24, 2.45) is 0 Å². The Labute approximate surface area is 181 Å². The van der Waals surface area contributed by atoms with Crippen LogP contribution >= 0.6 is 0 Å². The molecular weight excluding hydrogens is 398 g/mol. The molecule has 1 atom stereocenters. The first kappa shape index (κ1) is 22.4. The SMILES string of the molecule is COc1cccc(C(O)=C2C(=O)C(=O)N(CCCOC(C)C)[C@@H]2c2ccc(O)cc2)c1. The molecule has 1 amide bonds. The van der Waals surface area contributed by atoms with Gasteiger partial charge >= 0.3 is 0 Å². The van der Waals surface area contributed by atoms with Crippen LogP contribution in [-0.2, 0) is 14.3 Å². The number of aliphatic hydroxyl groups is 1. The maximum atomic E-state index is 13.0. The summed E-state index contributed by atoms with van der Waals surface area (Å²) in [5.41, 5.74) is 1.00. The van der Waals surface area contributed by atoms with E-state index in [1.165, 1.54) is 24.1 Å². The summed E-state index contributed by atoms with van der Waals surface area (Å²) in [5, 5.41) is 20.7.